The smallest absolute Gasteiger partial charge is 0.0748 e. The minimum atomic E-state index is 0.737. The van der Waals surface area contributed by atoms with E-state index in [0.29, 0.717) is 0 Å². The third-order valence-corrected chi connectivity index (χ3v) is 3.80. The number of hydrogen-bond acceptors (Lipinski definition) is 2. The van der Waals surface area contributed by atoms with Gasteiger partial charge in [-0.15, -0.1) is 0 Å². The molecule has 1 N–H and O–H groups in total. The van der Waals surface area contributed by atoms with E-state index in [9.17, 15) is 0 Å². The van der Waals surface area contributed by atoms with Gasteiger partial charge in [0, 0.05) is 16.6 Å². The highest BCUT2D eigenvalue weighted by atomic mass is 35.5. The Labute approximate surface area is 106 Å². The molecule has 2 heterocycles. The number of nitrogens with one attached hydrogen (secondary N) is 1. The fourth-order valence-electron chi connectivity index (χ4n) is 2.56. The zero-order valence-corrected chi connectivity index (χ0v) is 10.4. The van der Waals surface area contributed by atoms with Gasteiger partial charge < -0.3 is 5.32 Å². The van der Waals surface area contributed by atoms with E-state index in [1.54, 1.807) is 0 Å². The highest BCUT2D eigenvalue weighted by Crippen LogP contribution is 2.27. The minimum absolute atomic E-state index is 0.737. The molecular formula is C14H15ClN2. The molecule has 1 aromatic heterocycles. The number of halogens is 1. The summed E-state index contributed by atoms with van der Waals surface area (Å²) < 4.78 is 0. The van der Waals surface area contributed by atoms with E-state index < -0.39 is 0 Å². The van der Waals surface area contributed by atoms with Crippen molar-refractivity contribution >= 4 is 22.5 Å². The van der Waals surface area contributed by atoms with Gasteiger partial charge in [0.15, 0.2) is 0 Å². The van der Waals surface area contributed by atoms with E-state index in [-0.39, 0.29) is 0 Å². The maximum absolute atomic E-state index is 6.19. The lowest BCUT2D eigenvalue weighted by Crippen LogP contribution is -2.11. The van der Waals surface area contributed by atoms with Crippen LogP contribution in [0, 0.1) is 5.92 Å². The van der Waals surface area contributed by atoms with Gasteiger partial charge in [-0.3, -0.25) is 4.98 Å². The summed E-state index contributed by atoms with van der Waals surface area (Å²) in [5.74, 6) is 0.737. The Morgan fingerprint density at radius 2 is 2.29 bits per heavy atom. The van der Waals surface area contributed by atoms with Crippen LogP contribution in [0.25, 0.3) is 10.9 Å². The maximum Gasteiger partial charge on any atom is 0.0748 e. The van der Waals surface area contributed by atoms with Crippen molar-refractivity contribution in [2.75, 3.05) is 13.1 Å². The molecule has 0 radical (unpaired) electrons. The monoisotopic (exact) mass is 246 g/mol. The number of hydrogen-bond donors (Lipinski definition) is 1. The van der Waals surface area contributed by atoms with Gasteiger partial charge in [0.05, 0.1) is 5.52 Å². The van der Waals surface area contributed by atoms with E-state index in [0.717, 1.165) is 41.4 Å². The molecule has 2 nitrogen and oxygen atoms in total. The van der Waals surface area contributed by atoms with Gasteiger partial charge in [-0.2, -0.15) is 0 Å². The summed E-state index contributed by atoms with van der Waals surface area (Å²) in [4.78, 5) is 4.48. The highest BCUT2D eigenvalue weighted by Gasteiger charge is 2.16. The van der Waals surface area contributed by atoms with Crippen LogP contribution in [-0.4, -0.2) is 18.1 Å². The average molecular weight is 247 g/mol. The predicted molar refractivity (Wildman–Crippen MR) is 71.4 cm³/mol. The van der Waals surface area contributed by atoms with Crippen LogP contribution in [0.2, 0.25) is 5.02 Å². The zero-order valence-electron chi connectivity index (χ0n) is 9.62. The Morgan fingerprint density at radius 1 is 1.35 bits per heavy atom. The lowest BCUT2D eigenvalue weighted by Gasteiger charge is -2.11. The van der Waals surface area contributed by atoms with E-state index >= 15 is 0 Å². The van der Waals surface area contributed by atoms with Crippen LogP contribution in [0.1, 0.15) is 12.0 Å². The van der Waals surface area contributed by atoms with Crippen molar-refractivity contribution in [3.63, 3.8) is 0 Å². The molecule has 88 valence electrons. The molecular weight excluding hydrogens is 232 g/mol. The first kappa shape index (κ1) is 11.0. The molecule has 1 unspecified atom stereocenters. The first-order valence-electron chi connectivity index (χ1n) is 6.07. The second-order valence-electron chi connectivity index (χ2n) is 4.67. The minimum Gasteiger partial charge on any atom is -0.316 e. The molecule has 1 atom stereocenters. The van der Waals surface area contributed by atoms with Crippen LogP contribution >= 0.6 is 11.6 Å². The SMILES string of the molecule is Clc1ccc(CC2CCNC2)c2ncccc12. The van der Waals surface area contributed by atoms with E-state index in [4.69, 9.17) is 11.6 Å². The van der Waals surface area contributed by atoms with E-state index in [1.165, 1.54) is 12.0 Å². The third-order valence-electron chi connectivity index (χ3n) is 3.47. The van der Waals surface area contributed by atoms with Crippen molar-refractivity contribution in [3.05, 3.63) is 41.0 Å². The van der Waals surface area contributed by atoms with E-state index in [1.807, 2.05) is 24.4 Å². The summed E-state index contributed by atoms with van der Waals surface area (Å²) >= 11 is 6.19. The molecule has 0 aliphatic carbocycles. The number of pyridine rings is 1. The fourth-order valence-corrected chi connectivity index (χ4v) is 2.78. The van der Waals surface area contributed by atoms with Crippen LogP contribution in [0.3, 0.4) is 0 Å². The quantitative estimate of drug-likeness (QED) is 0.881. The standard InChI is InChI=1S/C14H15ClN2/c15-13-4-3-11(8-10-5-7-16-9-10)14-12(13)2-1-6-17-14/h1-4,6,10,16H,5,7-9H2. The van der Waals surface area contributed by atoms with Crippen molar-refractivity contribution in [3.8, 4) is 0 Å². The molecule has 17 heavy (non-hydrogen) atoms. The van der Waals surface area contributed by atoms with Crippen LogP contribution in [0.4, 0.5) is 0 Å². The number of rotatable bonds is 2. The molecule has 0 saturated carbocycles. The molecule has 3 heteroatoms. The number of nitrogens with zero attached hydrogens (tertiary/aromatic N) is 1. The molecule has 1 saturated heterocycles. The van der Waals surface area contributed by atoms with Crippen molar-refractivity contribution in [2.45, 2.75) is 12.8 Å². The summed E-state index contributed by atoms with van der Waals surface area (Å²) in [5, 5.41) is 5.27. The number of aromatic nitrogens is 1. The van der Waals surface area contributed by atoms with Crippen molar-refractivity contribution in [1.29, 1.82) is 0 Å². The fraction of sp³-hybridized carbons (Fsp3) is 0.357. The largest absolute Gasteiger partial charge is 0.316 e. The molecule has 0 amide bonds. The van der Waals surface area contributed by atoms with Crippen LogP contribution in [0.15, 0.2) is 30.5 Å². The Kier molecular flexibility index (Phi) is 3.00. The Morgan fingerprint density at radius 3 is 3.12 bits per heavy atom. The Bertz CT molecular complexity index is 533. The van der Waals surface area contributed by atoms with Gasteiger partial charge in [0.1, 0.15) is 0 Å². The molecule has 0 bridgehead atoms. The lowest BCUT2D eigenvalue weighted by molar-refractivity contribution is 0.582. The summed E-state index contributed by atoms with van der Waals surface area (Å²) in [6.45, 7) is 2.26. The second-order valence-corrected chi connectivity index (χ2v) is 5.08. The molecule has 3 rings (SSSR count). The zero-order chi connectivity index (χ0) is 11.7. The normalized spacial score (nSPS) is 19.9. The topological polar surface area (TPSA) is 24.9 Å². The molecule has 1 aliphatic heterocycles. The number of fused-ring (bicyclic) bond motifs is 1. The number of benzene rings is 1. The van der Waals surface area contributed by atoms with Crippen LogP contribution in [0.5, 0.6) is 0 Å². The average Bonchev–Trinajstić information content (AvgIpc) is 2.86. The van der Waals surface area contributed by atoms with Gasteiger partial charge in [-0.05, 0) is 55.6 Å². The van der Waals surface area contributed by atoms with Crippen LogP contribution < -0.4 is 5.32 Å². The Hall–Kier alpha value is -1.12. The first-order valence-corrected chi connectivity index (χ1v) is 6.45. The van der Waals surface area contributed by atoms with Gasteiger partial charge in [0.2, 0.25) is 0 Å². The lowest BCUT2D eigenvalue weighted by atomic mass is 9.97. The summed E-state index contributed by atoms with van der Waals surface area (Å²) in [6.07, 6.45) is 4.20. The van der Waals surface area contributed by atoms with Crippen molar-refractivity contribution < 1.29 is 0 Å². The first-order chi connectivity index (χ1) is 8.34. The maximum atomic E-state index is 6.19. The summed E-state index contributed by atoms with van der Waals surface area (Å²) in [5.41, 5.74) is 2.38. The van der Waals surface area contributed by atoms with Gasteiger partial charge in [0.25, 0.3) is 0 Å². The second kappa shape index (κ2) is 4.63. The third kappa shape index (κ3) is 2.15. The van der Waals surface area contributed by atoms with Gasteiger partial charge in [-0.1, -0.05) is 17.7 Å². The predicted octanol–water partition coefficient (Wildman–Crippen LogP) is 3.04. The van der Waals surface area contributed by atoms with E-state index in [2.05, 4.69) is 16.4 Å². The molecule has 0 spiro atoms. The molecule has 2 aromatic rings. The highest BCUT2D eigenvalue weighted by molar-refractivity contribution is 6.35. The Balaban J connectivity index is 2.01. The summed E-state index contributed by atoms with van der Waals surface area (Å²) in [6, 6.07) is 8.09. The van der Waals surface area contributed by atoms with Gasteiger partial charge >= 0.3 is 0 Å². The molecule has 1 aromatic carbocycles. The molecule has 1 fully saturated rings. The molecule has 1 aliphatic rings. The summed E-state index contributed by atoms with van der Waals surface area (Å²) in [7, 11) is 0. The van der Waals surface area contributed by atoms with Crippen molar-refractivity contribution in [2.24, 2.45) is 5.92 Å². The van der Waals surface area contributed by atoms with Crippen LogP contribution in [-0.2, 0) is 6.42 Å². The van der Waals surface area contributed by atoms with Crippen molar-refractivity contribution in [1.82, 2.24) is 10.3 Å². The van der Waals surface area contributed by atoms with Gasteiger partial charge in [-0.25, -0.2) is 0 Å².